The van der Waals surface area contributed by atoms with E-state index in [0.717, 1.165) is 57.8 Å². The van der Waals surface area contributed by atoms with E-state index in [4.69, 9.17) is 4.74 Å². The minimum absolute atomic E-state index is 0.00593. The Hall–Kier alpha value is -2.44. The summed E-state index contributed by atoms with van der Waals surface area (Å²) < 4.78 is 5.50. The number of carbonyl (C=O) groups excluding carboxylic acids is 2. The van der Waals surface area contributed by atoms with Crippen LogP contribution in [-0.2, 0) is 14.3 Å². The molecule has 6 nitrogen and oxygen atoms in total. The fraction of sp³-hybridized carbons (Fsp3) is 0.859. The summed E-state index contributed by atoms with van der Waals surface area (Å²) in [5.74, 6) is -0.0570. The number of hydrogen-bond donors (Lipinski definition) is 3. The average molecular weight is 1280 g/mol. The molecule has 0 aromatic carbocycles. The lowest BCUT2D eigenvalue weighted by Gasteiger charge is -2.20. The standard InChI is InChI=1S/C85H159NO5/c1-3-5-7-9-11-13-15-17-19-21-23-24-25-33-36-39-42-45-49-53-57-61-65-69-73-77-83(88)82(81-87)86-84(89)78-74-70-66-62-58-54-50-46-43-40-37-34-31-29-27-26-28-30-32-35-38-41-44-48-52-56-60-64-68-72-76-80-91-85(90)79-75-71-67-63-59-55-51-47-22-20-18-16-14-12-10-8-6-4-2/h14,16,20,22,28,30,35,38,73,77,82-83,87-88H,3-13,15,17-19,21,23-27,29,31-34,36-37,39-72,74-76,78-81H2,1-2H3,(H,86,89)/b16-14-,22-20-,30-28-,38-35-,77-73+. The van der Waals surface area contributed by atoms with Gasteiger partial charge in [0.2, 0.25) is 5.91 Å². The SMILES string of the molecule is CCCCCC/C=C\C/C=C\CCCCCCCCCC(=O)OCCCCCCCCCCC/C=C\C/C=C\CCCCCCCCCCCCCCCCCC(=O)NC(CO)C(O)/C=C/CCCCCCCCCCCCCCCCCCCCCCCCC. The maximum Gasteiger partial charge on any atom is 0.305 e. The summed E-state index contributed by atoms with van der Waals surface area (Å²) in [5, 5.41) is 23.3. The van der Waals surface area contributed by atoms with Crippen molar-refractivity contribution in [2.45, 2.75) is 456 Å². The number of nitrogens with one attached hydrogen (secondary N) is 1. The van der Waals surface area contributed by atoms with E-state index in [-0.39, 0.29) is 18.5 Å². The molecule has 0 heterocycles. The van der Waals surface area contributed by atoms with Gasteiger partial charge in [-0.25, -0.2) is 0 Å². The largest absolute Gasteiger partial charge is 0.466 e. The monoisotopic (exact) mass is 1270 g/mol. The van der Waals surface area contributed by atoms with Crippen molar-refractivity contribution in [3.63, 3.8) is 0 Å². The summed E-state index contributed by atoms with van der Waals surface area (Å²) in [6.07, 6.45) is 108. The lowest BCUT2D eigenvalue weighted by molar-refractivity contribution is -0.143. The summed E-state index contributed by atoms with van der Waals surface area (Å²) >= 11 is 0. The van der Waals surface area contributed by atoms with Gasteiger partial charge in [0.25, 0.3) is 0 Å². The molecule has 0 aromatic rings. The Kier molecular flexibility index (Phi) is 77.9. The molecule has 91 heavy (non-hydrogen) atoms. The fourth-order valence-electron chi connectivity index (χ4n) is 12.8. The second-order valence-electron chi connectivity index (χ2n) is 28.1. The zero-order valence-corrected chi connectivity index (χ0v) is 61.3. The summed E-state index contributed by atoms with van der Waals surface area (Å²) in [6.45, 7) is 4.92. The molecule has 534 valence electrons. The molecule has 2 atom stereocenters. The molecule has 0 aliphatic heterocycles. The summed E-state index contributed by atoms with van der Waals surface area (Å²) in [6, 6.07) is -0.630. The number of ether oxygens (including phenoxy) is 1. The van der Waals surface area contributed by atoms with E-state index < -0.39 is 12.1 Å². The first-order valence-corrected chi connectivity index (χ1v) is 41.1. The Morgan fingerprint density at radius 3 is 0.846 bits per heavy atom. The third-order valence-electron chi connectivity index (χ3n) is 19.0. The highest BCUT2D eigenvalue weighted by Crippen LogP contribution is 2.19. The molecule has 6 heteroatoms. The van der Waals surface area contributed by atoms with E-state index in [1.807, 2.05) is 6.08 Å². The minimum Gasteiger partial charge on any atom is -0.466 e. The van der Waals surface area contributed by atoms with Crippen LogP contribution < -0.4 is 5.32 Å². The Bertz CT molecular complexity index is 1570. The van der Waals surface area contributed by atoms with Crippen LogP contribution in [-0.4, -0.2) is 47.4 Å². The molecule has 2 unspecified atom stereocenters. The molecule has 0 aliphatic rings. The number of esters is 1. The molecule has 0 saturated heterocycles. The van der Waals surface area contributed by atoms with Gasteiger partial charge in [0.05, 0.1) is 25.4 Å². The second kappa shape index (κ2) is 80.0. The fourth-order valence-corrected chi connectivity index (χ4v) is 12.8. The number of rotatable bonds is 77. The Labute approximate surface area is 569 Å². The quantitative estimate of drug-likeness (QED) is 0.0320. The number of hydrogen-bond acceptors (Lipinski definition) is 5. The maximum atomic E-state index is 12.6. The van der Waals surface area contributed by atoms with Crippen LogP contribution in [0.5, 0.6) is 0 Å². The highest BCUT2D eigenvalue weighted by molar-refractivity contribution is 5.76. The van der Waals surface area contributed by atoms with Gasteiger partial charge >= 0.3 is 5.97 Å². The number of unbranched alkanes of at least 4 members (excludes halogenated alkanes) is 58. The van der Waals surface area contributed by atoms with Gasteiger partial charge in [-0.3, -0.25) is 9.59 Å². The molecule has 3 N–H and O–H groups in total. The lowest BCUT2D eigenvalue weighted by Crippen LogP contribution is -2.45. The second-order valence-corrected chi connectivity index (χ2v) is 28.1. The lowest BCUT2D eigenvalue weighted by atomic mass is 10.0. The minimum atomic E-state index is -0.847. The zero-order chi connectivity index (χ0) is 65.6. The number of carbonyl (C=O) groups is 2. The first kappa shape index (κ1) is 88.6. The third kappa shape index (κ3) is 76.5. The van der Waals surface area contributed by atoms with Crippen molar-refractivity contribution in [1.29, 1.82) is 0 Å². The van der Waals surface area contributed by atoms with Crippen molar-refractivity contribution in [3.05, 3.63) is 60.8 Å². The van der Waals surface area contributed by atoms with E-state index in [2.05, 4.69) is 67.8 Å². The first-order valence-electron chi connectivity index (χ1n) is 41.1. The first-order chi connectivity index (χ1) is 45.0. The summed E-state index contributed by atoms with van der Waals surface area (Å²) in [4.78, 5) is 24.7. The molecule has 0 saturated carbocycles. The molecule has 1 amide bonds. The molecule has 0 spiro atoms. The molecule has 0 aromatic heterocycles. The van der Waals surface area contributed by atoms with Crippen molar-refractivity contribution in [2.75, 3.05) is 13.2 Å². The van der Waals surface area contributed by atoms with Crippen LogP contribution in [0.25, 0.3) is 0 Å². The number of aliphatic hydroxyl groups is 2. The van der Waals surface area contributed by atoms with Crippen molar-refractivity contribution >= 4 is 11.9 Å². The molecular formula is C85H159NO5. The van der Waals surface area contributed by atoms with E-state index >= 15 is 0 Å². The smallest absolute Gasteiger partial charge is 0.305 e. The zero-order valence-electron chi connectivity index (χ0n) is 61.3. The van der Waals surface area contributed by atoms with E-state index in [1.54, 1.807) is 6.08 Å². The van der Waals surface area contributed by atoms with E-state index in [1.165, 1.54) is 360 Å². The van der Waals surface area contributed by atoms with Crippen molar-refractivity contribution in [3.8, 4) is 0 Å². The summed E-state index contributed by atoms with van der Waals surface area (Å²) in [7, 11) is 0. The van der Waals surface area contributed by atoms with Crippen LogP contribution in [0, 0.1) is 0 Å². The van der Waals surface area contributed by atoms with Crippen LogP contribution in [0.4, 0.5) is 0 Å². The number of aliphatic hydroxyl groups excluding tert-OH is 2. The van der Waals surface area contributed by atoms with Gasteiger partial charge in [-0.15, -0.1) is 0 Å². The molecule has 0 rings (SSSR count). The van der Waals surface area contributed by atoms with Crippen LogP contribution in [0.1, 0.15) is 444 Å². The van der Waals surface area contributed by atoms with Gasteiger partial charge in [0.1, 0.15) is 0 Å². The van der Waals surface area contributed by atoms with Gasteiger partial charge in [-0.1, -0.05) is 396 Å². The van der Waals surface area contributed by atoms with Gasteiger partial charge in [-0.05, 0) is 96.3 Å². The predicted molar refractivity (Wildman–Crippen MR) is 402 cm³/mol. The highest BCUT2D eigenvalue weighted by atomic mass is 16.5. The topological polar surface area (TPSA) is 95.9 Å². The van der Waals surface area contributed by atoms with Crippen LogP contribution >= 0.6 is 0 Å². The van der Waals surface area contributed by atoms with E-state index in [9.17, 15) is 19.8 Å². The van der Waals surface area contributed by atoms with Crippen molar-refractivity contribution in [1.82, 2.24) is 5.32 Å². The van der Waals surface area contributed by atoms with Gasteiger partial charge < -0.3 is 20.3 Å². The molecule has 0 radical (unpaired) electrons. The molecular weight excluding hydrogens is 1110 g/mol. The van der Waals surface area contributed by atoms with Gasteiger partial charge in [0, 0.05) is 12.8 Å². The van der Waals surface area contributed by atoms with Crippen molar-refractivity contribution < 1.29 is 24.5 Å². The maximum absolute atomic E-state index is 12.6. The Morgan fingerprint density at radius 1 is 0.308 bits per heavy atom. The highest BCUT2D eigenvalue weighted by Gasteiger charge is 2.18. The van der Waals surface area contributed by atoms with Gasteiger partial charge in [0.15, 0.2) is 0 Å². The summed E-state index contributed by atoms with van der Waals surface area (Å²) in [5.41, 5.74) is 0. The van der Waals surface area contributed by atoms with Crippen molar-refractivity contribution in [2.24, 2.45) is 0 Å². The van der Waals surface area contributed by atoms with E-state index in [0.29, 0.717) is 19.4 Å². The average Bonchev–Trinajstić information content (AvgIpc) is 3.65. The van der Waals surface area contributed by atoms with Gasteiger partial charge in [-0.2, -0.15) is 0 Å². The normalized spacial score (nSPS) is 12.8. The van der Waals surface area contributed by atoms with Crippen LogP contribution in [0.15, 0.2) is 60.8 Å². The molecule has 0 aliphatic carbocycles. The predicted octanol–water partition coefficient (Wildman–Crippen LogP) is 27.3. The molecule has 0 fully saturated rings. The van der Waals surface area contributed by atoms with Crippen LogP contribution in [0.2, 0.25) is 0 Å². The Morgan fingerprint density at radius 2 is 0.549 bits per heavy atom. The third-order valence-corrected chi connectivity index (χ3v) is 19.0. The Balaban J connectivity index is 3.42. The number of amides is 1. The molecule has 0 bridgehead atoms. The van der Waals surface area contributed by atoms with Crippen LogP contribution in [0.3, 0.4) is 0 Å². The number of allylic oxidation sites excluding steroid dienone is 9.